The van der Waals surface area contributed by atoms with Crippen molar-refractivity contribution in [3.05, 3.63) is 0 Å². The highest BCUT2D eigenvalue weighted by molar-refractivity contribution is 5.86. The molecule has 2 fully saturated rings. The van der Waals surface area contributed by atoms with Crippen LogP contribution in [0.25, 0.3) is 0 Å². The first-order chi connectivity index (χ1) is 8.29. The Labute approximate surface area is 104 Å². The van der Waals surface area contributed by atoms with E-state index in [1.54, 1.807) is 0 Å². The highest BCUT2D eigenvalue weighted by atomic mass is 16.4. The second kappa shape index (κ2) is 6.36. The van der Waals surface area contributed by atoms with Crippen molar-refractivity contribution in [2.45, 2.75) is 32.6 Å². The highest BCUT2D eigenvalue weighted by Crippen LogP contribution is 2.14. The molecular formula is C13H25N3O. The molecule has 1 N–H and O–H groups in total. The third kappa shape index (κ3) is 3.68. The standard InChI is InChI=1S/C13H25N3O/c1-12-11-16(10-5-13(12)14-17)9-4-8-15-6-2-3-7-15/h12,17H,2-11H2,1H3. The fourth-order valence-corrected chi connectivity index (χ4v) is 2.98. The number of piperidine rings is 1. The van der Waals surface area contributed by atoms with Gasteiger partial charge in [-0.15, -0.1) is 0 Å². The molecule has 4 heteroatoms. The third-order valence-electron chi connectivity index (χ3n) is 4.06. The summed E-state index contributed by atoms with van der Waals surface area (Å²) in [7, 11) is 0. The summed E-state index contributed by atoms with van der Waals surface area (Å²) >= 11 is 0. The normalized spacial score (nSPS) is 30.2. The van der Waals surface area contributed by atoms with Gasteiger partial charge in [-0.3, -0.25) is 0 Å². The Morgan fingerprint density at radius 2 is 1.88 bits per heavy atom. The highest BCUT2D eigenvalue weighted by Gasteiger charge is 2.22. The number of oxime groups is 1. The van der Waals surface area contributed by atoms with Crippen molar-refractivity contribution in [3.63, 3.8) is 0 Å². The lowest BCUT2D eigenvalue weighted by Gasteiger charge is -2.31. The van der Waals surface area contributed by atoms with E-state index in [1.165, 1.54) is 45.4 Å². The summed E-state index contributed by atoms with van der Waals surface area (Å²) in [5.41, 5.74) is 0.973. The van der Waals surface area contributed by atoms with Crippen molar-refractivity contribution < 1.29 is 5.21 Å². The minimum absolute atomic E-state index is 0.417. The Kier molecular flexibility index (Phi) is 4.80. The molecule has 4 nitrogen and oxygen atoms in total. The van der Waals surface area contributed by atoms with Gasteiger partial charge in [0.2, 0.25) is 0 Å². The molecule has 0 bridgehead atoms. The molecule has 1 unspecified atom stereocenters. The lowest BCUT2D eigenvalue weighted by atomic mass is 9.97. The summed E-state index contributed by atoms with van der Waals surface area (Å²) in [5.74, 6) is 0.417. The molecule has 0 spiro atoms. The molecule has 0 amide bonds. The van der Waals surface area contributed by atoms with Gasteiger partial charge in [0.1, 0.15) is 0 Å². The molecule has 0 aromatic carbocycles. The molecule has 0 radical (unpaired) electrons. The zero-order chi connectivity index (χ0) is 12.1. The molecule has 0 aliphatic carbocycles. The largest absolute Gasteiger partial charge is 0.411 e. The number of hydrogen-bond donors (Lipinski definition) is 1. The van der Waals surface area contributed by atoms with Crippen LogP contribution in [0.3, 0.4) is 0 Å². The van der Waals surface area contributed by atoms with E-state index in [0.717, 1.165) is 25.2 Å². The van der Waals surface area contributed by atoms with Crippen LogP contribution in [0.4, 0.5) is 0 Å². The van der Waals surface area contributed by atoms with Gasteiger partial charge in [-0.2, -0.15) is 0 Å². The summed E-state index contributed by atoms with van der Waals surface area (Å²) in [6.45, 7) is 9.33. The summed E-state index contributed by atoms with van der Waals surface area (Å²) < 4.78 is 0. The topological polar surface area (TPSA) is 39.1 Å². The minimum Gasteiger partial charge on any atom is -0.411 e. The van der Waals surface area contributed by atoms with Gasteiger partial charge >= 0.3 is 0 Å². The molecule has 2 saturated heterocycles. The number of hydrogen-bond acceptors (Lipinski definition) is 4. The van der Waals surface area contributed by atoms with Crippen molar-refractivity contribution in [2.75, 3.05) is 39.3 Å². The van der Waals surface area contributed by atoms with Crippen molar-refractivity contribution in [3.8, 4) is 0 Å². The zero-order valence-electron chi connectivity index (χ0n) is 10.9. The van der Waals surface area contributed by atoms with Gasteiger partial charge in [-0.05, 0) is 45.4 Å². The first-order valence-electron chi connectivity index (χ1n) is 6.95. The first-order valence-corrected chi connectivity index (χ1v) is 6.95. The number of rotatable bonds is 4. The molecular weight excluding hydrogens is 214 g/mol. The predicted molar refractivity (Wildman–Crippen MR) is 69.7 cm³/mol. The smallest absolute Gasteiger partial charge is 0.0624 e. The quantitative estimate of drug-likeness (QED) is 0.599. The van der Waals surface area contributed by atoms with Gasteiger partial charge in [-0.1, -0.05) is 12.1 Å². The zero-order valence-corrected chi connectivity index (χ0v) is 10.9. The summed E-state index contributed by atoms with van der Waals surface area (Å²) in [4.78, 5) is 5.09. The van der Waals surface area contributed by atoms with Crippen molar-refractivity contribution >= 4 is 5.71 Å². The Balaban J connectivity index is 1.63. The maximum Gasteiger partial charge on any atom is 0.0624 e. The Morgan fingerprint density at radius 1 is 1.18 bits per heavy atom. The molecule has 17 heavy (non-hydrogen) atoms. The van der Waals surface area contributed by atoms with E-state index in [1.807, 2.05) is 0 Å². The van der Waals surface area contributed by atoms with E-state index in [4.69, 9.17) is 5.21 Å². The Hall–Kier alpha value is -0.610. The summed E-state index contributed by atoms with van der Waals surface area (Å²) in [6, 6.07) is 0. The maximum absolute atomic E-state index is 8.83. The average molecular weight is 239 g/mol. The van der Waals surface area contributed by atoms with Gasteiger partial charge in [-0.25, -0.2) is 0 Å². The molecule has 0 aromatic heterocycles. The number of likely N-dealkylation sites (tertiary alicyclic amines) is 2. The molecule has 2 aliphatic rings. The fraction of sp³-hybridized carbons (Fsp3) is 0.923. The minimum atomic E-state index is 0.417. The fourth-order valence-electron chi connectivity index (χ4n) is 2.98. The van der Waals surface area contributed by atoms with E-state index >= 15 is 0 Å². The monoisotopic (exact) mass is 239 g/mol. The van der Waals surface area contributed by atoms with Crippen LogP contribution < -0.4 is 0 Å². The molecule has 2 aliphatic heterocycles. The van der Waals surface area contributed by atoms with Gasteiger partial charge in [0.25, 0.3) is 0 Å². The van der Waals surface area contributed by atoms with Crippen LogP contribution in [0.5, 0.6) is 0 Å². The summed E-state index contributed by atoms with van der Waals surface area (Å²) in [5, 5.41) is 12.2. The van der Waals surface area contributed by atoms with Crippen molar-refractivity contribution in [1.29, 1.82) is 0 Å². The van der Waals surface area contributed by atoms with Crippen LogP contribution in [0.2, 0.25) is 0 Å². The van der Waals surface area contributed by atoms with E-state index in [2.05, 4.69) is 21.9 Å². The lowest BCUT2D eigenvalue weighted by Crippen LogP contribution is -2.40. The lowest BCUT2D eigenvalue weighted by molar-refractivity contribution is 0.219. The van der Waals surface area contributed by atoms with E-state index in [-0.39, 0.29) is 0 Å². The second-order valence-electron chi connectivity index (χ2n) is 5.45. The van der Waals surface area contributed by atoms with Crippen LogP contribution in [0.15, 0.2) is 5.16 Å². The van der Waals surface area contributed by atoms with Gasteiger partial charge in [0.15, 0.2) is 0 Å². The third-order valence-corrected chi connectivity index (χ3v) is 4.06. The predicted octanol–water partition coefficient (Wildman–Crippen LogP) is 1.64. The molecule has 0 saturated carbocycles. The van der Waals surface area contributed by atoms with Crippen LogP contribution in [0.1, 0.15) is 32.6 Å². The van der Waals surface area contributed by atoms with Gasteiger partial charge in [0.05, 0.1) is 5.71 Å². The van der Waals surface area contributed by atoms with Crippen LogP contribution >= 0.6 is 0 Å². The van der Waals surface area contributed by atoms with E-state index in [0.29, 0.717) is 5.92 Å². The van der Waals surface area contributed by atoms with Crippen LogP contribution in [0, 0.1) is 5.92 Å². The SMILES string of the molecule is CC1CN(CCCN2CCCC2)CCC1=NO. The van der Waals surface area contributed by atoms with E-state index in [9.17, 15) is 0 Å². The molecule has 98 valence electrons. The average Bonchev–Trinajstić information content (AvgIpc) is 2.82. The van der Waals surface area contributed by atoms with Gasteiger partial charge < -0.3 is 15.0 Å². The maximum atomic E-state index is 8.83. The molecule has 2 rings (SSSR count). The van der Waals surface area contributed by atoms with Crippen LogP contribution in [-0.4, -0.2) is 60.0 Å². The first kappa shape index (κ1) is 12.8. The Morgan fingerprint density at radius 3 is 2.53 bits per heavy atom. The number of nitrogens with zero attached hydrogens (tertiary/aromatic N) is 3. The van der Waals surface area contributed by atoms with Gasteiger partial charge in [0, 0.05) is 25.4 Å². The molecule has 1 atom stereocenters. The Bertz CT molecular complexity index is 261. The second-order valence-corrected chi connectivity index (χ2v) is 5.45. The summed E-state index contributed by atoms with van der Waals surface area (Å²) in [6.07, 6.45) is 4.98. The molecule has 0 aromatic rings. The van der Waals surface area contributed by atoms with Crippen molar-refractivity contribution in [2.24, 2.45) is 11.1 Å². The van der Waals surface area contributed by atoms with Crippen molar-refractivity contribution in [1.82, 2.24) is 9.80 Å². The molecule has 2 heterocycles. The van der Waals surface area contributed by atoms with E-state index < -0.39 is 0 Å². The van der Waals surface area contributed by atoms with Crippen LogP contribution in [-0.2, 0) is 0 Å².